The molecule has 4 nitrogen and oxygen atoms in total. The SMILES string of the molecule is CNS(=O)(=O)c1ccc(SC(C)CCO)cc1. The van der Waals surface area contributed by atoms with Gasteiger partial charge in [-0.3, -0.25) is 0 Å². The highest BCUT2D eigenvalue weighted by Gasteiger charge is 2.11. The average molecular weight is 275 g/mol. The molecular formula is C11H17NO3S2. The number of aliphatic hydroxyl groups is 1. The average Bonchev–Trinajstić information content (AvgIpc) is 2.30. The van der Waals surface area contributed by atoms with E-state index in [0.717, 1.165) is 11.3 Å². The Labute approximate surface area is 106 Å². The Morgan fingerprint density at radius 2 is 1.94 bits per heavy atom. The van der Waals surface area contributed by atoms with Crippen molar-refractivity contribution in [1.29, 1.82) is 0 Å². The summed E-state index contributed by atoms with van der Waals surface area (Å²) in [6.45, 7) is 2.19. The number of thioether (sulfide) groups is 1. The summed E-state index contributed by atoms with van der Waals surface area (Å²) in [7, 11) is -1.96. The van der Waals surface area contributed by atoms with Gasteiger partial charge in [0.25, 0.3) is 0 Å². The molecule has 1 rings (SSSR count). The molecule has 0 saturated heterocycles. The van der Waals surface area contributed by atoms with Crippen LogP contribution in [0.3, 0.4) is 0 Å². The van der Waals surface area contributed by atoms with Gasteiger partial charge in [0.1, 0.15) is 0 Å². The standard InChI is InChI=1S/C11H17NO3S2/c1-9(7-8-13)16-10-3-5-11(6-4-10)17(14,15)12-2/h3-6,9,12-13H,7-8H2,1-2H3. The summed E-state index contributed by atoms with van der Waals surface area (Å²) in [5.74, 6) is 0. The first-order valence-corrected chi connectivity index (χ1v) is 7.67. The summed E-state index contributed by atoms with van der Waals surface area (Å²) >= 11 is 1.62. The van der Waals surface area contributed by atoms with Gasteiger partial charge < -0.3 is 5.11 Å². The Morgan fingerprint density at radius 3 is 2.41 bits per heavy atom. The van der Waals surface area contributed by atoms with Crippen molar-refractivity contribution < 1.29 is 13.5 Å². The minimum absolute atomic E-state index is 0.167. The normalized spacial score (nSPS) is 13.6. The molecule has 96 valence electrons. The predicted octanol–water partition coefficient (Wildman–Crippen LogP) is 1.46. The van der Waals surface area contributed by atoms with Gasteiger partial charge in [-0.1, -0.05) is 6.92 Å². The zero-order valence-electron chi connectivity index (χ0n) is 9.88. The first-order chi connectivity index (χ1) is 7.99. The number of aliphatic hydroxyl groups excluding tert-OH is 1. The summed E-state index contributed by atoms with van der Waals surface area (Å²) in [4.78, 5) is 1.26. The van der Waals surface area contributed by atoms with Gasteiger partial charge in [-0.25, -0.2) is 13.1 Å². The zero-order chi connectivity index (χ0) is 12.9. The van der Waals surface area contributed by atoms with Crippen LogP contribution >= 0.6 is 11.8 Å². The molecule has 0 aliphatic carbocycles. The monoisotopic (exact) mass is 275 g/mol. The van der Waals surface area contributed by atoms with E-state index in [-0.39, 0.29) is 11.5 Å². The maximum Gasteiger partial charge on any atom is 0.240 e. The number of hydrogen-bond donors (Lipinski definition) is 2. The Hall–Kier alpha value is -0.560. The molecule has 0 heterocycles. The summed E-state index contributed by atoms with van der Waals surface area (Å²) in [5, 5.41) is 9.11. The van der Waals surface area contributed by atoms with Crippen molar-refractivity contribution in [2.24, 2.45) is 0 Å². The number of hydrogen-bond acceptors (Lipinski definition) is 4. The Balaban J connectivity index is 2.75. The smallest absolute Gasteiger partial charge is 0.240 e. The van der Waals surface area contributed by atoms with E-state index in [1.165, 1.54) is 7.05 Å². The van der Waals surface area contributed by atoms with E-state index >= 15 is 0 Å². The van der Waals surface area contributed by atoms with Crippen LogP contribution in [0.2, 0.25) is 0 Å². The lowest BCUT2D eigenvalue weighted by atomic mass is 10.3. The third-order valence-corrected chi connectivity index (χ3v) is 4.89. The maximum absolute atomic E-state index is 11.5. The summed E-state index contributed by atoms with van der Waals surface area (Å²) in [6.07, 6.45) is 0.723. The quantitative estimate of drug-likeness (QED) is 0.771. The molecule has 0 aromatic heterocycles. The molecule has 1 unspecified atom stereocenters. The van der Waals surface area contributed by atoms with Crippen LogP contribution in [0, 0.1) is 0 Å². The Kier molecular flexibility index (Phi) is 5.45. The minimum Gasteiger partial charge on any atom is -0.396 e. The summed E-state index contributed by atoms with van der Waals surface area (Å²) < 4.78 is 25.2. The van der Waals surface area contributed by atoms with Gasteiger partial charge in [0.05, 0.1) is 4.90 Å². The van der Waals surface area contributed by atoms with E-state index in [4.69, 9.17) is 5.11 Å². The molecule has 6 heteroatoms. The first kappa shape index (κ1) is 14.5. The van der Waals surface area contributed by atoms with Crippen LogP contribution in [0.15, 0.2) is 34.1 Å². The minimum atomic E-state index is -3.35. The number of sulfonamides is 1. The molecule has 0 spiro atoms. The van der Waals surface area contributed by atoms with Gasteiger partial charge in [-0.15, -0.1) is 11.8 Å². The first-order valence-electron chi connectivity index (χ1n) is 5.30. The molecule has 0 fully saturated rings. The summed E-state index contributed by atoms with van der Waals surface area (Å²) in [5.41, 5.74) is 0. The molecule has 1 atom stereocenters. The van der Waals surface area contributed by atoms with Crippen molar-refractivity contribution in [3.8, 4) is 0 Å². The third kappa shape index (κ3) is 4.31. The van der Waals surface area contributed by atoms with Crippen LogP contribution < -0.4 is 4.72 Å². The predicted molar refractivity (Wildman–Crippen MR) is 69.7 cm³/mol. The van der Waals surface area contributed by atoms with Crippen LogP contribution in [-0.2, 0) is 10.0 Å². The Bertz CT molecular complexity index is 442. The second kappa shape index (κ2) is 6.39. The molecule has 1 aromatic rings. The van der Waals surface area contributed by atoms with Crippen molar-refractivity contribution in [3.63, 3.8) is 0 Å². The molecule has 0 aliphatic rings. The van der Waals surface area contributed by atoms with E-state index in [1.54, 1.807) is 36.0 Å². The van der Waals surface area contributed by atoms with Crippen LogP contribution in [0.25, 0.3) is 0 Å². The van der Waals surface area contributed by atoms with E-state index in [2.05, 4.69) is 4.72 Å². The van der Waals surface area contributed by atoms with Gasteiger partial charge >= 0.3 is 0 Å². The van der Waals surface area contributed by atoms with Crippen LogP contribution in [0.5, 0.6) is 0 Å². The van der Waals surface area contributed by atoms with E-state index in [1.807, 2.05) is 6.92 Å². The number of benzene rings is 1. The van der Waals surface area contributed by atoms with Gasteiger partial charge in [0.2, 0.25) is 10.0 Å². The molecular weight excluding hydrogens is 258 g/mol. The second-order valence-corrected chi connectivity index (χ2v) is 7.02. The second-order valence-electron chi connectivity index (χ2n) is 3.62. The van der Waals surface area contributed by atoms with Crippen molar-refractivity contribution in [2.75, 3.05) is 13.7 Å². The van der Waals surface area contributed by atoms with Crippen molar-refractivity contribution in [3.05, 3.63) is 24.3 Å². The maximum atomic E-state index is 11.5. The van der Waals surface area contributed by atoms with Crippen molar-refractivity contribution in [2.45, 2.75) is 28.4 Å². The molecule has 17 heavy (non-hydrogen) atoms. The molecule has 2 N–H and O–H groups in total. The van der Waals surface area contributed by atoms with Crippen LogP contribution in [0.4, 0.5) is 0 Å². The molecule has 0 aliphatic heterocycles. The summed E-state index contributed by atoms with van der Waals surface area (Å²) in [6, 6.07) is 6.73. The van der Waals surface area contributed by atoms with Crippen molar-refractivity contribution >= 4 is 21.8 Å². The Morgan fingerprint density at radius 1 is 1.35 bits per heavy atom. The van der Waals surface area contributed by atoms with Gasteiger partial charge in [-0.05, 0) is 37.7 Å². The lowest BCUT2D eigenvalue weighted by Crippen LogP contribution is -2.18. The molecule has 0 saturated carbocycles. The van der Waals surface area contributed by atoms with E-state index < -0.39 is 10.0 Å². The van der Waals surface area contributed by atoms with Crippen molar-refractivity contribution in [1.82, 2.24) is 4.72 Å². The van der Waals surface area contributed by atoms with Crippen LogP contribution in [-0.4, -0.2) is 32.4 Å². The molecule has 1 aromatic carbocycles. The van der Waals surface area contributed by atoms with Crippen LogP contribution in [0.1, 0.15) is 13.3 Å². The third-order valence-electron chi connectivity index (χ3n) is 2.28. The molecule has 0 amide bonds. The zero-order valence-corrected chi connectivity index (χ0v) is 11.5. The lowest BCUT2D eigenvalue weighted by Gasteiger charge is -2.09. The van der Waals surface area contributed by atoms with E-state index in [0.29, 0.717) is 5.25 Å². The molecule has 0 radical (unpaired) electrons. The topological polar surface area (TPSA) is 66.4 Å². The fourth-order valence-corrected chi connectivity index (χ4v) is 3.00. The highest BCUT2D eigenvalue weighted by atomic mass is 32.2. The van der Waals surface area contributed by atoms with Gasteiger partial charge in [-0.2, -0.15) is 0 Å². The van der Waals surface area contributed by atoms with Gasteiger partial charge in [0, 0.05) is 16.8 Å². The largest absolute Gasteiger partial charge is 0.396 e. The highest BCUT2D eigenvalue weighted by Crippen LogP contribution is 2.25. The van der Waals surface area contributed by atoms with Gasteiger partial charge in [0.15, 0.2) is 0 Å². The number of nitrogens with one attached hydrogen (secondary N) is 1. The highest BCUT2D eigenvalue weighted by molar-refractivity contribution is 8.00. The molecule has 0 bridgehead atoms. The fourth-order valence-electron chi connectivity index (χ4n) is 1.29. The van der Waals surface area contributed by atoms with E-state index in [9.17, 15) is 8.42 Å². The lowest BCUT2D eigenvalue weighted by molar-refractivity contribution is 0.289. The fraction of sp³-hybridized carbons (Fsp3) is 0.455. The number of rotatable bonds is 6.